The van der Waals surface area contributed by atoms with Crippen molar-refractivity contribution in [3.63, 3.8) is 0 Å². The van der Waals surface area contributed by atoms with Crippen LogP contribution in [0.1, 0.15) is 0 Å². The SMILES string of the molecule is CN(C)C(=O)NCCNc1nc[nH]c(=O)c1Cl. The quantitative estimate of drug-likeness (QED) is 0.670. The zero-order valence-corrected chi connectivity index (χ0v) is 10.3. The van der Waals surface area contributed by atoms with Crippen LogP contribution in [0.2, 0.25) is 5.02 Å². The van der Waals surface area contributed by atoms with Gasteiger partial charge in [0.15, 0.2) is 5.82 Å². The van der Waals surface area contributed by atoms with E-state index in [9.17, 15) is 9.59 Å². The molecule has 1 heterocycles. The number of carbonyl (C=O) groups is 1. The largest absolute Gasteiger partial charge is 0.367 e. The first-order valence-corrected chi connectivity index (χ1v) is 5.32. The number of H-pyrrole nitrogens is 1. The van der Waals surface area contributed by atoms with E-state index in [-0.39, 0.29) is 11.1 Å². The first-order valence-electron chi connectivity index (χ1n) is 4.94. The highest BCUT2D eigenvalue weighted by Crippen LogP contribution is 2.10. The van der Waals surface area contributed by atoms with Gasteiger partial charge in [-0.15, -0.1) is 0 Å². The Hall–Kier alpha value is -1.76. The average molecular weight is 260 g/mol. The van der Waals surface area contributed by atoms with Crippen LogP contribution in [0.3, 0.4) is 0 Å². The van der Waals surface area contributed by atoms with E-state index >= 15 is 0 Å². The van der Waals surface area contributed by atoms with Crippen LogP contribution in [0, 0.1) is 0 Å². The van der Waals surface area contributed by atoms with E-state index in [2.05, 4.69) is 20.6 Å². The molecule has 8 heteroatoms. The van der Waals surface area contributed by atoms with E-state index in [1.165, 1.54) is 11.2 Å². The van der Waals surface area contributed by atoms with Crippen LogP contribution in [0.4, 0.5) is 10.6 Å². The number of amides is 2. The molecule has 0 aliphatic heterocycles. The third-order valence-electron chi connectivity index (χ3n) is 1.90. The number of nitrogens with zero attached hydrogens (tertiary/aromatic N) is 2. The standard InChI is InChI=1S/C9H14ClN5O2/c1-15(2)9(17)12-4-3-11-7-6(10)8(16)14-5-13-7/h5H,3-4H2,1-2H3,(H,12,17)(H2,11,13,14,16). The molecule has 0 spiro atoms. The highest BCUT2D eigenvalue weighted by atomic mass is 35.5. The second kappa shape index (κ2) is 6.09. The van der Waals surface area contributed by atoms with E-state index in [1.807, 2.05) is 0 Å². The molecule has 1 aromatic rings. The second-order valence-corrected chi connectivity index (χ2v) is 3.83. The Bertz CT molecular complexity index is 445. The molecule has 0 aromatic carbocycles. The molecule has 2 amide bonds. The molecule has 17 heavy (non-hydrogen) atoms. The number of rotatable bonds is 4. The average Bonchev–Trinajstić information content (AvgIpc) is 2.29. The number of urea groups is 1. The highest BCUT2D eigenvalue weighted by Gasteiger charge is 2.05. The number of halogens is 1. The summed E-state index contributed by atoms with van der Waals surface area (Å²) in [5, 5.41) is 5.51. The fraction of sp³-hybridized carbons (Fsp3) is 0.444. The maximum atomic E-state index is 11.2. The first-order chi connectivity index (χ1) is 8.02. The van der Waals surface area contributed by atoms with Crippen LogP contribution in [-0.2, 0) is 0 Å². The van der Waals surface area contributed by atoms with Crippen LogP contribution in [0.15, 0.2) is 11.1 Å². The summed E-state index contributed by atoms with van der Waals surface area (Å²) in [6.07, 6.45) is 1.26. The van der Waals surface area contributed by atoms with Gasteiger partial charge >= 0.3 is 6.03 Å². The summed E-state index contributed by atoms with van der Waals surface area (Å²) in [5.41, 5.74) is -0.401. The van der Waals surface area contributed by atoms with Crippen LogP contribution >= 0.6 is 11.6 Å². The molecule has 0 aliphatic carbocycles. The van der Waals surface area contributed by atoms with Crippen LogP contribution in [-0.4, -0.2) is 48.1 Å². The van der Waals surface area contributed by atoms with E-state index in [4.69, 9.17) is 11.6 Å². The van der Waals surface area contributed by atoms with E-state index in [1.54, 1.807) is 14.1 Å². The van der Waals surface area contributed by atoms with Gasteiger partial charge in [0.05, 0.1) is 6.33 Å². The molecule has 0 atom stereocenters. The molecule has 0 saturated heterocycles. The molecule has 0 bridgehead atoms. The Morgan fingerprint density at radius 2 is 2.24 bits per heavy atom. The molecule has 7 nitrogen and oxygen atoms in total. The fourth-order valence-corrected chi connectivity index (χ4v) is 1.18. The summed E-state index contributed by atoms with van der Waals surface area (Å²) in [4.78, 5) is 29.9. The van der Waals surface area contributed by atoms with Crippen molar-refractivity contribution in [3.8, 4) is 0 Å². The van der Waals surface area contributed by atoms with Crippen molar-refractivity contribution in [3.05, 3.63) is 21.7 Å². The third-order valence-corrected chi connectivity index (χ3v) is 2.25. The van der Waals surface area contributed by atoms with E-state index in [0.717, 1.165) is 0 Å². The van der Waals surface area contributed by atoms with Crippen LogP contribution in [0.25, 0.3) is 0 Å². The summed E-state index contributed by atoms with van der Waals surface area (Å²) in [5.74, 6) is 0.300. The highest BCUT2D eigenvalue weighted by molar-refractivity contribution is 6.32. The Balaban J connectivity index is 2.39. The lowest BCUT2D eigenvalue weighted by Gasteiger charge is -2.12. The van der Waals surface area contributed by atoms with E-state index < -0.39 is 5.56 Å². The molecule has 0 radical (unpaired) electrons. The Kier molecular flexibility index (Phi) is 4.77. The summed E-state index contributed by atoms with van der Waals surface area (Å²) >= 11 is 5.72. The molecule has 1 rings (SSSR count). The van der Waals surface area contributed by atoms with Gasteiger partial charge in [-0.25, -0.2) is 9.78 Å². The van der Waals surface area contributed by atoms with Gasteiger partial charge in [-0.1, -0.05) is 11.6 Å². The number of carbonyl (C=O) groups excluding carboxylic acids is 1. The number of hydrogen-bond acceptors (Lipinski definition) is 4. The predicted octanol–water partition coefficient (Wildman–Crippen LogP) is 0.106. The molecule has 0 saturated carbocycles. The lowest BCUT2D eigenvalue weighted by molar-refractivity contribution is 0.218. The lowest BCUT2D eigenvalue weighted by atomic mass is 10.5. The van der Waals surface area contributed by atoms with Crippen molar-refractivity contribution in [1.29, 1.82) is 0 Å². The number of aromatic amines is 1. The second-order valence-electron chi connectivity index (χ2n) is 3.45. The van der Waals surface area contributed by atoms with Gasteiger partial charge in [-0.3, -0.25) is 4.79 Å². The van der Waals surface area contributed by atoms with Gasteiger partial charge < -0.3 is 20.5 Å². The molecular formula is C9H14ClN5O2. The molecular weight excluding hydrogens is 246 g/mol. The summed E-state index contributed by atoms with van der Waals surface area (Å²) in [7, 11) is 3.30. The molecule has 0 unspecified atom stereocenters. The zero-order chi connectivity index (χ0) is 12.8. The Labute approximate surface area is 103 Å². The monoisotopic (exact) mass is 259 g/mol. The smallest absolute Gasteiger partial charge is 0.316 e. The molecule has 0 aliphatic rings. The van der Waals surface area contributed by atoms with Gasteiger partial charge in [-0.05, 0) is 0 Å². The maximum absolute atomic E-state index is 11.2. The van der Waals surface area contributed by atoms with E-state index in [0.29, 0.717) is 18.9 Å². The molecule has 1 aromatic heterocycles. The summed E-state index contributed by atoms with van der Waals surface area (Å²) in [6, 6.07) is -0.184. The lowest BCUT2D eigenvalue weighted by Crippen LogP contribution is -2.37. The maximum Gasteiger partial charge on any atom is 0.316 e. The van der Waals surface area contributed by atoms with Crippen molar-refractivity contribution < 1.29 is 4.79 Å². The minimum atomic E-state index is -0.401. The normalized spacial score (nSPS) is 9.82. The molecule has 0 fully saturated rings. The van der Waals surface area contributed by atoms with Crippen LogP contribution in [0.5, 0.6) is 0 Å². The fourth-order valence-electron chi connectivity index (χ4n) is 1.01. The number of anilines is 1. The zero-order valence-electron chi connectivity index (χ0n) is 9.58. The number of hydrogen-bond donors (Lipinski definition) is 3. The molecule has 94 valence electrons. The van der Waals surface area contributed by atoms with Crippen molar-refractivity contribution in [1.82, 2.24) is 20.2 Å². The minimum absolute atomic E-state index is 0.00596. The minimum Gasteiger partial charge on any atom is -0.367 e. The Morgan fingerprint density at radius 1 is 1.53 bits per heavy atom. The molecule has 3 N–H and O–H groups in total. The van der Waals surface area contributed by atoms with Gasteiger partial charge in [0.2, 0.25) is 0 Å². The van der Waals surface area contributed by atoms with Crippen molar-refractivity contribution in [2.45, 2.75) is 0 Å². The Morgan fingerprint density at radius 3 is 2.88 bits per heavy atom. The topological polar surface area (TPSA) is 90.1 Å². The van der Waals surface area contributed by atoms with Gasteiger partial charge in [0, 0.05) is 27.2 Å². The van der Waals surface area contributed by atoms with Crippen LogP contribution < -0.4 is 16.2 Å². The van der Waals surface area contributed by atoms with Gasteiger partial charge in [0.1, 0.15) is 5.02 Å². The summed E-state index contributed by atoms with van der Waals surface area (Å²) < 4.78 is 0. The van der Waals surface area contributed by atoms with Crippen molar-refractivity contribution in [2.24, 2.45) is 0 Å². The third kappa shape index (κ3) is 3.95. The number of aromatic nitrogens is 2. The van der Waals surface area contributed by atoms with Gasteiger partial charge in [0.25, 0.3) is 5.56 Å². The number of nitrogens with one attached hydrogen (secondary N) is 3. The van der Waals surface area contributed by atoms with Crippen molar-refractivity contribution in [2.75, 3.05) is 32.5 Å². The van der Waals surface area contributed by atoms with Crippen molar-refractivity contribution >= 4 is 23.4 Å². The van der Waals surface area contributed by atoms with Gasteiger partial charge in [-0.2, -0.15) is 0 Å². The predicted molar refractivity (Wildman–Crippen MR) is 65.4 cm³/mol. The summed E-state index contributed by atoms with van der Waals surface area (Å²) in [6.45, 7) is 0.831. The first kappa shape index (κ1) is 13.3.